The Morgan fingerprint density at radius 2 is 2.00 bits per heavy atom. The molecule has 1 aliphatic rings. The van der Waals surface area contributed by atoms with Crippen molar-refractivity contribution in [1.29, 1.82) is 0 Å². The van der Waals surface area contributed by atoms with Gasteiger partial charge in [-0.05, 0) is 47.7 Å². The fraction of sp³-hybridized carbons (Fsp3) is 0.316. The lowest BCUT2D eigenvalue weighted by Crippen LogP contribution is -2.45. The summed E-state index contributed by atoms with van der Waals surface area (Å²) in [7, 11) is 0. The number of carbonyl (C=O) groups is 1. The molecule has 0 aliphatic carbocycles. The van der Waals surface area contributed by atoms with Gasteiger partial charge in [0.25, 0.3) is 5.91 Å². The van der Waals surface area contributed by atoms with Gasteiger partial charge < -0.3 is 10.8 Å². The van der Waals surface area contributed by atoms with Crippen LogP contribution in [0, 0.1) is 5.82 Å². The third-order valence-corrected chi connectivity index (χ3v) is 4.73. The largest absolute Gasteiger partial charge is 0.379 e. The Hall–Kier alpha value is -1.95. The average Bonchev–Trinajstić information content (AvgIpc) is 2.89. The Bertz CT molecular complexity index is 778. The van der Waals surface area contributed by atoms with Gasteiger partial charge in [0.2, 0.25) is 0 Å². The first-order valence-corrected chi connectivity index (χ1v) is 8.49. The lowest BCUT2D eigenvalue weighted by atomic mass is 10.0. The second-order valence-corrected chi connectivity index (χ2v) is 7.07. The number of hydrogen-bond acceptors (Lipinski definition) is 3. The van der Waals surface area contributed by atoms with Crippen LogP contribution in [-0.2, 0) is 17.8 Å². The Morgan fingerprint density at radius 1 is 1.24 bits per heavy atom. The number of β-amino-alcohol motifs (C(OH)–C–C–N with tert-alkyl or cyclic N) is 1. The molecule has 1 heterocycles. The number of rotatable bonds is 5. The second kappa shape index (κ2) is 7.12. The molecule has 1 fully saturated rings. The summed E-state index contributed by atoms with van der Waals surface area (Å²) in [5.41, 5.74) is 6.75. The van der Waals surface area contributed by atoms with Gasteiger partial charge in [-0.2, -0.15) is 0 Å². The zero-order valence-electron chi connectivity index (χ0n) is 13.7. The highest BCUT2D eigenvalue weighted by molar-refractivity contribution is 6.30. The van der Waals surface area contributed by atoms with Gasteiger partial charge in [-0.15, -0.1) is 0 Å². The highest BCUT2D eigenvalue weighted by Crippen LogP contribution is 2.23. The van der Waals surface area contributed by atoms with E-state index in [1.54, 1.807) is 6.07 Å². The molecule has 25 heavy (non-hydrogen) atoms. The molecule has 0 radical (unpaired) electrons. The van der Waals surface area contributed by atoms with E-state index in [1.165, 1.54) is 12.1 Å². The summed E-state index contributed by atoms with van der Waals surface area (Å²) >= 11 is 5.91. The van der Waals surface area contributed by atoms with Gasteiger partial charge in [-0.25, -0.2) is 4.39 Å². The molecule has 3 rings (SSSR count). The summed E-state index contributed by atoms with van der Waals surface area (Å²) in [4.78, 5) is 13.3. The van der Waals surface area contributed by atoms with Gasteiger partial charge in [0, 0.05) is 24.7 Å². The Morgan fingerprint density at radius 3 is 2.68 bits per heavy atom. The molecule has 1 amide bonds. The molecule has 132 valence electrons. The standard InChI is InChI=1S/C19H20ClFN2O2/c20-16-8-15(9-17(21)10-16)7-13-2-1-3-14(6-13)11-23-5-4-19(25,12-23)18(22)24/h1-3,6,8-10,25H,4-5,7,11-12H2,(H2,22,24). The zero-order valence-corrected chi connectivity index (χ0v) is 14.5. The number of nitrogens with two attached hydrogens (primary N) is 1. The summed E-state index contributed by atoms with van der Waals surface area (Å²) in [5.74, 6) is -1.02. The molecular formula is C19H20ClFN2O2. The maximum Gasteiger partial charge on any atom is 0.250 e. The van der Waals surface area contributed by atoms with Crippen molar-refractivity contribution in [3.8, 4) is 0 Å². The van der Waals surface area contributed by atoms with Crippen molar-refractivity contribution in [2.75, 3.05) is 13.1 Å². The van der Waals surface area contributed by atoms with Crippen LogP contribution in [0.25, 0.3) is 0 Å². The SMILES string of the molecule is NC(=O)C1(O)CCN(Cc2cccc(Cc3cc(F)cc(Cl)c3)c2)C1. The van der Waals surface area contributed by atoms with Crippen LogP contribution in [0.5, 0.6) is 0 Å². The first kappa shape index (κ1) is 17.9. The summed E-state index contributed by atoms with van der Waals surface area (Å²) in [6.45, 7) is 1.47. The smallest absolute Gasteiger partial charge is 0.250 e. The maximum absolute atomic E-state index is 13.5. The molecule has 0 aromatic heterocycles. The van der Waals surface area contributed by atoms with Crippen LogP contribution in [0.1, 0.15) is 23.1 Å². The number of halogens is 2. The molecule has 0 bridgehead atoms. The van der Waals surface area contributed by atoms with E-state index in [9.17, 15) is 14.3 Å². The first-order chi connectivity index (χ1) is 11.8. The number of carbonyl (C=O) groups excluding carboxylic acids is 1. The molecule has 1 saturated heterocycles. The normalized spacial score (nSPS) is 20.8. The van der Waals surface area contributed by atoms with Crippen molar-refractivity contribution in [2.45, 2.75) is 25.0 Å². The van der Waals surface area contributed by atoms with Crippen molar-refractivity contribution in [3.05, 3.63) is 70.0 Å². The number of primary amides is 1. The summed E-state index contributed by atoms with van der Waals surface area (Å²) in [6.07, 6.45) is 0.931. The number of nitrogens with zero attached hydrogens (tertiary/aromatic N) is 1. The molecule has 3 N–H and O–H groups in total. The van der Waals surface area contributed by atoms with Crippen LogP contribution in [0.4, 0.5) is 4.39 Å². The van der Waals surface area contributed by atoms with E-state index in [0.29, 0.717) is 31.0 Å². The molecule has 1 unspecified atom stereocenters. The van der Waals surface area contributed by atoms with Crippen LogP contribution >= 0.6 is 11.6 Å². The molecule has 4 nitrogen and oxygen atoms in total. The van der Waals surface area contributed by atoms with Crippen molar-refractivity contribution >= 4 is 17.5 Å². The molecule has 2 aromatic carbocycles. The van der Waals surface area contributed by atoms with E-state index in [1.807, 2.05) is 29.2 Å². The van der Waals surface area contributed by atoms with Crippen LogP contribution < -0.4 is 5.73 Å². The fourth-order valence-electron chi connectivity index (χ4n) is 3.25. The molecule has 0 spiro atoms. The van der Waals surface area contributed by atoms with E-state index in [4.69, 9.17) is 17.3 Å². The lowest BCUT2D eigenvalue weighted by Gasteiger charge is -2.20. The molecule has 0 saturated carbocycles. The van der Waals surface area contributed by atoms with Crippen LogP contribution in [0.15, 0.2) is 42.5 Å². The minimum atomic E-state index is -1.43. The van der Waals surface area contributed by atoms with Crippen molar-refractivity contribution in [2.24, 2.45) is 5.73 Å². The topological polar surface area (TPSA) is 66.6 Å². The molecule has 6 heteroatoms. The van der Waals surface area contributed by atoms with Crippen molar-refractivity contribution in [3.63, 3.8) is 0 Å². The predicted octanol–water partition coefficient (Wildman–Crippen LogP) is 2.49. The number of benzene rings is 2. The van der Waals surface area contributed by atoms with E-state index in [0.717, 1.165) is 16.7 Å². The van der Waals surface area contributed by atoms with E-state index < -0.39 is 11.5 Å². The number of likely N-dealkylation sites (tertiary alicyclic amines) is 1. The minimum Gasteiger partial charge on any atom is -0.379 e. The first-order valence-electron chi connectivity index (χ1n) is 8.11. The van der Waals surface area contributed by atoms with Crippen LogP contribution in [0.2, 0.25) is 5.02 Å². The van der Waals surface area contributed by atoms with Gasteiger partial charge in [0.05, 0.1) is 0 Å². The quantitative estimate of drug-likeness (QED) is 0.858. The van der Waals surface area contributed by atoms with Crippen molar-refractivity contribution in [1.82, 2.24) is 4.90 Å². The van der Waals surface area contributed by atoms with Gasteiger partial charge in [0.1, 0.15) is 5.82 Å². The van der Waals surface area contributed by atoms with E-state index in [2.05, 4.69) is 0 Å². The zero-order chi connectivity index (χ0) is 18.0. The van der Waals surface area contributed by atoms with Gasteiger partial charge >= 0.3 is 0 Å². The van der Waals surface area contributed by atoms with E-state index in [-0.39, 0.29) is 12.4 Å². The third-order valence-electron chi connectivity index (χ3n) is 4.51. The number of hydrogen-bond donors (Lipinski definition) is 2. The summed E-state index contributed by atoms with van der Waals surface area (Å²) < 4.78 is 13.5. The van der Waals surface area contributed by atoms with Gasteiger partial charge in [-0.1, -0.05) is 35.9 Å². The van der Waals surface area contributed by atoms with E-state index >= 15 is 0 Å². The number of amides is 1. The Kier molecular flexibility index (Phi) is 5.08. The Labute approximate surface area is 151 Å². The molecule has 2 aromatic rings. The minimum absolute atomic E-state index is 0.242. The third kappa shape index (κ3) is 4.37. The summed E-state index contributed by atoms with van der Waals surface area (Å²) in [5, 5.41) is 10.5. The van der Waals surface area contributed by atoms with Gasteiger partial charge in [-0.3, -0.25) is 9.69 Å². The molecule has 1 atom stereocenters. The van der Waals surface area contributed by atoms with Crippen molar-refractivity contribution < 1.29 is 14.3 Å². The highest BCUT2D eigenvalue weighted by atomic mass is 35.5. The van der Waals surface area contributed by atoms with Crippen LogP contribution in [-0.4, -0.2) is 34.6 Å². The molecular weight excluding hydrogens is 343 g/mol. The Balaban J connectivity index is 1.69. The second-order valence-electron chi connectivity index (χ2n) is 6.63. The average molecular weight is 363 g/mol. The molecule has 1 aliphatic heterocycles. The highest BCUT2D eigenvalue weighted by Gasteiger charge is 2.41. The lowest BCUT2D eigenvalue weighted by molar-refractivity contribution is -0.134. The fourth-order valence-corrected chi connectivity index (χ4v) is 3.50. The number of aliphatic hydroxyl groups is 1. The predicted molar refractivity (Wildman–Crippen MR) is 94.7 cm³/mol. The van der Waals surface area contributed by atoms with Gasteiger partial charge in [0.15, 0.2) is 5.60 Å². The summed E-state index contributed by atoms with van der Waals surface area (Å²) in [6, 6.07) is 12.5. The van der Waals surface area contributed by atoms with Crippen LogP contribution in [0.3, 0.4) is 0 Å². The monoisotopic (exact) mass is 362 g/mol. The maximum atomic E-state index is 13.5.